The number of carbonyl (C=O) groups is 3. The second-order valence-electron chi connectivity index (χ2n) is 7.43. The van der Waals surface area contributed by atoms with Crippen LogP contribution in [0.1, 0.15) is 22.0 Å². The molecule has 7 nitrogen and oxygen atoms in total. The predicted octanol–water partition coefficient (Wildman–Crippen LogP) is 3.44. The maximum atomic E-state index is 13.4. The Bertz CT molecular complexity index is 1150. The average molecular weight is 414 g/mol. The molecule has 0 aromatic heterocycles. The van der Waals surface area contributed by atoms with Gasteiger partial charge in [-0.05, 0) is 42.0 Å². The summed E-state index contributed by atoms with van der Waals surface area (Å²) < 4.78 is 0. The number of anilines is 2. The Morgan fingerprint density at radius 3 is 1.94 bits per heavy atom. The number of fused-ring (bicyclic) bond motifs is 1. The van der Waals surface area contributed by atoms with Crippen molar-refractivity contribution in [3.8, 4) is 0 Å². The van der Waals surface area contributed by atoms with Gasteiger partial charge in [-0.15, -0.1) is 0 Å². The third kappa shape index (κ3) is 3.06. The number of benzene rings is 3. The number of imide groups is 1. The second-order valence-corrected chi connectivity index (χ2v) is 7.43. The van der Waals surface area contributed by atoms with Gasteiger partial charge in [0.1, 0.15) is 5.92 Å². The quantitative estimate of drug-likeness (QED) is 0.658. The molecule has 2 aliphatic heterocycles. The Morgan fingerprint density at radius 1 is 0.774 bits per heavy atom. The molecule has 3 atom stereocenters. The molecule has 7 heteroatoms. The van der Waals surface area contributed by atoms with Crippen molar-refractivity contribution in [2.75, 3.05) is 9.96 Å². The zero-order chi connectivity index (χ0) is 21.5. The van der Waals surface area contributed by atoms with Gasteiger partial charge >= 0.3 is 5.97 Å². The molecule has 3 aromatic rings. The van der Waals surface area contributed by atoms with Crippen molar-refractivity contribution >= 4 is 29.2 Å². The summed E-state index contributed by atoms with van der Waals surface area (Å²) in [5.41, 5.74) is 2.04. The molecule has 0 bridgehead atoms. The summed E-state index contributed by atoms with van der Waals surface area (Å²) in [6.45, 7) is 0. The van der Waals surface area contributed by atoms with Gasteiger partial charge in [0.05, 0.1) is 23.0 Å². The molecule has 5 rings (SSSR count). The number of carboxylic acid groups (broad SMARTS) is 1. The van der Waals surface area contributed by atoms with E-state index in [1.807, 2.05) is 36.4 Å². The summed E-state index contributed by atoms with van der Waals surface area (Å²) in [5, 5.41) is 10.8. The van der Waals surface area contributed by atoms with E-state index in [-0.39, 0.29) is 11.5 Å². The number of amides is 2. The van der Waals surface area contributed by atoms with E-state index in [1.165, 1.54) is 17.0 Å². The van der Waals surface area contributed by atoms with Gasteiger partial charge in [0.2, 0.25) is 5.91 Å². The Labute approximate surface area is 178 Å². The Balaban J connectivity index is 1.58. The molecular formula is C24H18N2O5. The van der Waals surface area contributed by atoms with E-state index < -0.39 is 29.9 Å². The van der Waals surface area contributed by atoms with E-state index >= 15 is 0 Å². The molecule has 2 fully saturated rings. The van der Waals surface area contributed by atoms with Crippen LogP contribution >= 0.6 is 0 Å². The van der Waals surface area contributed by atoms with Gasteiger partial charge in [0, 0.05) is 0 Å². The summed E-state index contributed by atoms with van der Waals surface area (Å²) in [7, 11) is 0. The molecular weight excluding hydrogens is 396 g/mol. The van der Waals surface area contributed by atoms with Crippen LogP contribution in [-0.2, 0) is 14.4 Å². The number of carbonyl (C=O) groups excluding carboxylic acids is 2. The van der Waals surface area contributed by atoms with Crippen molar-refractivity contribution < 1.29 is 24.3 Å². The summed E-state index contributed by atoms with van der Waals surface area (Å²) >= 11 is 0. The standard InChI is InChI=1S/C24H18N2O5/c27-22-19-20(15-11-13-16(14-12-15)24(29)30)26(18-9-5-2-6-10-18)31-21(19)23(28)25(22)17-7-3-1-4-8-17/h1-14,19-21H,(H,29,30)/t19-,20-,21-/m1/s1. The minimum atomic E-state index is -1.03. The lowest BCUT2D eigenvalue weighted by atomic mass is 9.90. The topological polar surface area (TPSA) is 87.2 Å². The lowest BCUT2D eigenvalue weighted by molar-refractivity contribution is -0.126. The molecule has 0 aliphatic carbocycles. The van der Waals surface area contributed by atoms with Crippen molar-refractivity contribution in [2.24, 2.45) is 5.92 Å². The Morgan fingerprint density at radius 2 is 1.35 bits per heavy atom. The lowest BCUT2D eigenvalue weighted by Gasteiger charge is -2.28. The predicted molar refractivity (Wildman–Crippen MR) is 112 cm³/mol. The molecule has 154 valence electrons. The zero-order valence-electron chi connectivity index (χ0n) is 16.3. The van der Waals surface area contributed by atoms with Gasteiger partial charge < -0.3 is 5.11 Å². The normalized spacial score (nSPS) is 22.6. The minimum Gasteiger partial charge on any atom is -0.478 e. The lowest BCUT2D eigenvalue weighted by Crippen LogP contribution is -2.37. The van der Waals surface area contributed by atoms with Crippen LogP contribution in [0, 0.1) is 5.92 Å². The zero-order valence-corrected chi connectivity index (χ0v) is 16.3. The highest BCUT2D eigenvalue weighted by Crippen LogP contribution is 2.47. The fourth-order valence-corrected chi connectivity index (χ4v) is 4.21. The maximum absolute atomic E-state index is 13.4. The fraction of sp³-hybridized carbons (Fsp3) is 0.125. The highest BCUT2D eigenvalue weighted by atomic mass is 16.7. The van der Waals surface area contributed by atoms with Gasteiger partial charge in [0.15, 0.2) is 6.10 Å². The van der Waals surface area contributed by atoms with Crippen molar-refractivity contribution in [1.82, 2.24) is 0 Å². The van der Waals surface area contributed by atoms with Crippen LogP contribution in [0.2, 0.25) is 0 Å². The van der Waals surface area contributed by atoms with E-state index in [0.717, 1.165) is 0 Å². The monoisotopic (exact) mass is 414 g/mol. The Kier molecular flexibility index (Phi) is 4.52. The third-order valence-corrected chi connectivity index (χ3v) is 5.64. The smallest absolute Gasteiger partial charge is 0.335 e. The highest BCUT2D eigenvalue weighted by Gasteiger charge is 2.60. The van der Waals surface area contributed by atoms with Crippen LogP contribution in [0.4, 0.5) is 11.4 Å². The van der Waals surface area contributed by atoms with E-state index in [2.05, 4.69) is 0 Å². The van der Waals surface area contributed by atoms with Crippen LogP contribution in [0.5, 0.6) is 0 Å². The van der Waals surface area contributed by atoms with Crippen LogP contribution in [0.15, 0.2) is 84.9 Å². The van der Waals surface area contributed by atoms with Crippen LogP contribution in [0.25, 0.3) is 0 Å². The number of carboxylic acids is 1. The first-order chi connectivity index (χ1) is 15.1. The molecule has 0 radical (unpaired) electrons. The summed E-state index contributed by atoms with van der Waals surface area (Å²) in [6.07, 6.45) is -0.961. The molecule has 2 heterocycles. The number of aromatic carboxylic acids is 1. The van der Waals surface area contributed by atoms with Crippen LogP contribution in [-0.4, -0.2) is 29.0 Å². The molecule has 0 spiro atoms. The van der Waals surface area contributed by atoms with E-state index in [0.29, 0.717) is 16.9 Å². The number of hydrogen-bond donors (Lipinski definition) is 1. The molecule has 2 amide bonds. The van der Waals surface area contributed by atoms with Crippen molar-refractivity contribution in [3.63, 3.8) is 0 Å². The second kappa shape index (κ2) is 7.37. The van der Waals surface area contributed by atoms with E-state index in [9.17, 15) is 19.5 Å². The van der Waals surface area contributed by atoms with Crippen LogP contribution in [0.3, 0.4) is 0 Å². The molecule has 0 unspecified atom stereocenters. The Hall–Kier alpha value is -3.97. The number of para-hydroxylation sites is 2. The number of hydrogen-bond acceptors (Lipinski definition) is 5. The molecule has 2 aliphatic rings. The first-order valence-corrected chi connectivity index (χ1v) is 9.83. The summed E-state index contributed by atoms with van der Waals surface area (Å²) in [4.78, 5) is 45.1. The van der Waals surface area contributed by atoms with E-state index in [4.69, 9.17) is 4.84 Å². The molecule has 3 aromatic carbocycles. The van der Waals surface area contributed by atoms with Gasteiger partial charge in [-0.25, -0.2) is 14.8 Å². The van der Waals surface area contributed by atoms with Gasteiger partial charge in [0.25, 0.3) is 5.91 Å². The first-order valence-electron chi connectivity index (χ1n) is 9.83. The highest BCUT2D eigenvalue weighted by molar-refractivity contribution is 6.23. The fourth-order valence-electron chi connectivity index (χ4n) is 4.21. The molecule has 0 saturated carbocycles. The minimum absolute atomic E-state index is 0.144. The van der Waals surface area contributed by atoms with Gasteiger partial charge in [-0.1, -0.05) is 48.5 Å². The molecule has 31 heavy (non-hydrogen) atoms. The molecule has 1 N–H and O–H groups in total. The SMILES string of the molecule is O=C(O)c1ccc([C@@H]2[C@H]3C(=O)N(c4ccccc4)C(=O)[C@@H]3ON2c2ccccc2)cc1. The third-order valence-electron chi connectivity index (χ3n) is 5.64. The molecule has 2 saturated heterocycles. The number of hydroxylamine groups is 1. The number of rotatable bonds is 4. The maximum Gasteiger partial charge on any atom is 0.335 e. The van der Waals surface area contributed by atoms with Gasteiger partial charge in [-0.3, -0.25) is 14.4 Å². The van der Waals surface area contributed by atoms with Crippen molar-refractivity contribution in [3.05, 3.63) is 96.1 Å². The first kappa shape index (κ1) is 19.0. The van der Waals surface area contributed by atoms with Crippen LogP contribution < -0.4 is 9.96 Å². The number of nitrogens with zero attached hydrogens (tertiary/aromatic N) is 2. The van der Waals surface area contributed by atoms with Crippen molar-refractivity contribution in [2.45, 2.75) is 12.1 Å². The summed E-state index contributed by atoms with van der Waals surface area (Å²) in [6, 6.07) is 23.7. The average Bonchev–Trinajstić information content (AvgIpc) is 3.31. The van der Waals surface area contributed by atoms with E-state index in [1.54, 1.807) is 41.5 Å². The van der Waals surface area contributed by atoms with Crippen molar-refractivity contribution in [1.29, 1.82) is 0 Å². The summed E-state index contributed by atoms with van der Waals surface area (Å²) in [5.74, 6) is -2.54. The van der Waals surface area contributed by atoms with Gasteiger partial charge in [-0.2, -0.15) is 0 Å². The largest absolute Gasteiger partial charge is 0.478 e.